The van der Waals surface area contributed by atoms with E-state index in [2.05, 4.69) is 101 Å². The van der Waals surface area contributed by atoms with E-state index in [1.807, 2.05) is 98.8 Å². The molecule has 4 aliphatic rings. The summed E-state index contributed by atoms with van der Waals surface area (Å²) in [5, 5.41) is 15.1. The van der Waals surface area contributed by atoms with Crippen LogP contribution in [0.1, 0.15) is 111 Å². The summed E-state index contributed by atoms with van der Waals surface area (Å²) in [6.07, 6.45) is 4.60. The van der Waals surface area contributed by atoms with Crippen molar-refractivity contribution in [3.8, 4) is 37.5 Å². The first kappa shape index (κ1) is 68.5. The second kappa shape index (κ2) is 30.3. The average molecular weight is 1440 g/mol. The number of hydrogen-bond acceptors (Lipinski definition) is 18. The minimum absolute atomic E-state index is 0.0653. The van der Waals surface area contributed by atoms with Gasteiger partial charge in [-0.3, -0.25) is 38.7 Å². The van der Waals surface area contributed by atoms with Crippen LogP contribution in [0, 0.1) is 0 Å². The summed E-state index contributed by atoms with van der Waals surface area (Å²) in [7, 11) is 2.14. The lowest BCUT2D eigenvalue weighted by atomic mass is 10.0. The number of likely N-dealkylation sites (N-methyl/N-ethyl adjacent to an activating group) is 2. The fourth-order valence-corrected chi connectivity index (χ4v) is 20.3. The first-order valence-electron chi connectivity index (χ1n) is 33.9. The Balaban J connectivity index is 0.000000128. The smallest absolute Gasteiger partial charge is 0.256 e. The Bertz CT molecular complexity index is 4910. The number of imide groups is 1. The third-order valence-corrected chi connectivity index (χ3v) is 24.8. The van der Waals surface area contributed by atoms with Crippen LogP contribution in [0.15, 0.2) is 152 Å². The number of aromatic nitrogens is 3. The highest BCUT2D eigenvalue weighted by molar-refractivity contribution is 7.24. The van der Waals surface area contributed by atoms with Gasteiger partial charge in [-0.1, -0.05) is 79.7 Å². The molecule has 1 saturated heterocycles. The molecular formula is C78H76N10O6S6. The second-order valence-corrected chi connectivity index (χ2v) is 32.2. The number of anilines is 4. The Morgan fingerprint density at radius 3 is 1.53 bits per heavy atom. The summed E-state index contributed by atoms with van der Waals surface area (Å²) >= 11 is 10.1. The Labute approximate surface area is 605 Å². The molecule has 0 spiro atoms. The van der Waals surface area contributed by atoms with E-state index in [1.165, 1.54) is 46.5 Å². The molecule has 10 heterocycles. The second-order valence-electron chi connectivity index (χ2n) is 25.8. The number of nitrogens with one attached hydrogen (secondary N) is 3. The summed E-state index contributed by atoms with van der Waals surface area (Å²) in [5.74, 6) is -0.0271. The Morgan fingerprint density at radius 2 is 1.00 bits per heavy atom. The van der Waals surface area contributed by atoms with E-state index in [9.17, 15) is 24.0 Å². The Hall–Kier alpha value is -8.68. The number of para-hydroxylation sites is 3. The van der Waals surface area contributed by atoms with E-state index in [4.69, 9.17) is 19.7 Å². The molecule has 510 valence electrons. The quantitative estimate of drug-likeness (QED) is 0.0780. The molecule has 0 aliphatic carbocycles. The highest BCUT2D eigenvalue weighted by Gasteiger charge is 2.34. The predicted molar refractivity (Wildman–Crippen MR) is 412 cm³/mol. The molecule has 3 N–H and O–H groups in total. The molecule has 100 heavy (non-hydrogen) atoms. The van der Waals surface area contributed by atoms with Crippen LogP contribution >= 0.6 is 68.0 Å². The van der Waals surface area contributed by atoms with Gasteiger partial charge < -0.3 is 25.6 Å². The molecule has 12 aromatic rings. The zero-order valence-corrected chi connectivity index (χ0v) is 61.4. The van der Waals surface area contributed by atoms with Gasteiger partial charge in [0.1, 0.15) is 35.8 Å². The van der Waals surface area contributed by atoms with Gasteiger partial charge in [0.05, 0.1) is 42.4 Å². The molecule has 22 heteroatoms. The number of hydrogen-bond donors (Lipinski definition) is 3. The lowest BCUT2D eigenvalue weighted by Gasteiger charge is -2.30. The molecular weight excluding hydrogens is 1370 g/mol. The molecule has 6 aromatic carbocycles. The first-order chi connectivity index (χ1) is 48.6. The Kier molecular flexibility index (Phi) is 20.7. The van der Waals surface area contributed by atoms with Crippen molar-refractivity contribution in [2.45, 2.75) is 111 Å². The maximum absolute atomic E-state index is 13.4. The van der Waals surface area contributed by atoms with Gasteiger partial charge in [-0.05, 0) is 168 Å². The van der Waals surface area contributed by atoms with Crippen LogP contribution in [0.2, 0.25) is 0 Å². The number of nitrogens with zero attached hydrogens (tertiary/aromatic N) is 7. The van der Waals surface area contributed by atoms with Crippen LogP contribution in [-0.4, -0.2) is 105 Å². The number of carbonyl (C=O) groups is 5. The highest BCUT2D eigenvalue weighted by Crippen LogP contribution is 2.49. The molecule has 0 radical (unpaired) electrons. The molecule has 0 unspecified atom stereocenters. The number of fused-ring (bicyclic) bond motifs is 6. The lowest BCUT2D eigenvalue weighted by Crippen LogP contribution is -2.35. The van der Waals surface area contributed by atoms with E-state index in [0.29, 0.717) is 29.3 Å². The van der Waals surface area contributed by atoms with E-state index in [-0.39, 0.29) is 48.5 Å². The molecule has 5 amide bonds. The Morgan fingerprint density at radius 1 is 0.510 bits per heavy atom. The number of rotatable bonds is 16. The third-order valence-electron chi connectivity index (χ3n) is 18.3. The molecule has 4 aliphatic heterocycles. The maximum atomic E-state index is 13.4. The van der Waals surface area contributed by atoms with Gasteiger partial charge in [0.15, 0.2) is 0 Å². The summed E-state index contributed by atoms with van der Waals surface area (Å²) < 4.78 is 9.16. The fourth-order valence-electron chi connectivity index (χ4n) is 13.1. The number of aryl methyl sites for hydroxylation is 1. The van der Waals surface area contributed by atoms with E-state index in [1.54, 1.807) is 92.3 Å². The zero-order valence-electron chi connectivity index (χ0n) is 56.5. The van der Waals surface area contributed by atoms with Crippen molar-refractivity contribution in [3.63, 3.8) is 0 Å². The van der Waals surface area contributed by atoms with Crippen LogP contribution in [0.3, 0.4) is 0 Å². The van der Waals surface area contributed by atoms with Gasteiger partial charge in [0.2, 0.25) is 17.7 Å². The van der Waals surface area contributed by atoms with Crippen LogP contribution in [0.5, 0.6) is 5.75 Å². The average Bonchev–Trinajstić information content (AvgIpc) is 1.62. The number of thiazole rings is 3. The summed E-state index contributed by atoms with van der Waals surface area (Å²) in [6, 6.07) is 49.3. The minimum Gasteiger partial charge on any atom is -0.491 e. The summed E-state index contributed by atoms with van der Waals surface area (Å²) in [6.45, 7) is 17.3. The number of ether oxygens (including phenoxy) is 1. The van der Waals surface area contributed by atoms with Crippen LogP contribution in [-0.2, 0) is 59.7 Å². The molecule has 0 saturated carbocycles. The van der Waals surface area contributed by atoms with Crippen molar-refractivity contribution in [1.82, 2.24) is 29.7 Å². The highest BCUT2D eigenvalue weighted by atomic mass is 32.1. The lowest BCUT2D eigenvalue weighted by molar-refractivity contribution is -0.121. The molecule has 0 bridgehead atoms. The van der Waals surface area contributed by atoms with E-state index < -0.39 is 0 Å². The van der Waals surface area contributed by atoms with Gasteiger partial charge in [-0.2, -0.15) is 0 Å². The number of thiophene rings is 3. The van der Waals surface area contributed by atoms with Crippen LogP contribution < -0.4 is 25.6 Å². The van der Waals surface area contributed by atoms with E-state index in [0.717, 1.165) is 150 Å². The van der Waals surface area contributed by atoms with Crippen LogP contribution in [0.4, 0.5) is 20.7 Å². The standard InChI is InChI=1S/C27H24N4O3S2.C26H27N3OS2.C25H25N3O2S2/c1-2-30-13-12-18-21(15-30)36-27(24(18)26-28-19-8-3-4-9-20(19)35-26)29-25(34)16-6-5-7-17(14-16)31-22(32)10-11-23(31)33;1-17(2)29-15-14-19-22(16-29)32-26(28-23(30)13-12-18-8-4-3-5-9-18)24(19)25-27-20-10-6-7-11-21(20)31-25;1-15(2)30-17-10-8-16(9-11-17)23(29)27-25-22(18-12-13-28(3)14-21(18)32-25)24-26-19-6-4-5-7-20(19)31-24/h3-9,14H,2,10-13,15H2,1H3,(H,29,34);3-11,17H,12-16H2,1-2H3,(H,28,30);4-11,15H,12-14H2,1-3H3,(H,27,29). The topological polar surface area (TPSA) is 182 Å². The van der Waals surface area contributed by atoms with Gasteiger partial charge in [0, 0.05) is 107 Å². The van der Waals surface area contributed by atoms with Gasteiger partial charge in [-0.15, -0.1) is 68.0 Å². The van der Waals surface area contributed by atoms with Gasteiger partial charge in [-0.25, -0.2) is 15.0 Å². The molecule has 16 rings (SSSR count). The van der Waals surface area contributed by atoms with Crippen molar-refractivity contribution in [1.29, 1.82) is 0 Å². The normalized spacial score (nSPS) is 14.8. The van der Waals surface area contributed by atoms with Gasteiger partial charge in [0.25, 0.3) is 11.8 Å². The zero-order chi connectivity index (χ0) is 69.1. The van der Waals surface area contributed by atoms with Crippen molar-refractivity contribution in [2.75, 3.05) is 54.1 Å². The fraction of sp³-hybridized carbons (Fsp3) is 0.282. The molecule has 6 aromatic heterocycles. The van der Waals surface area contributed by atoms with Crippen molar-refractivity contribution in [3.05, 3.63) is 200 Å². The number of carbonyl (C=O) groups excluding carboxylic acids is 5. The molecule has 16 nitrogen and oxygen atoms in total. The predicted octanol–water partition coefficient (Wildman–Crippen LogP) is 17.7. The first-order valence-corrected chi connectivity index (χ1v) is 38.8. The monoisotopic (exact) mass is 1440 g/mol. The summed E-state index contributed by atoms with van der Waals surface area (Å²) in [5.41, 5.74) is 12.8. The molecule has 1 fully saturated rings. The summed E-state index contributed by atoms with van der Waals surface area (Å²) in [4.78, 5) is 90.9. The van der Waals surface area contributed by atoms with Crippen molar-refractivity contribution < 1.29 is 28.7 Å². The van der Waals surface area contributed by atoms with E-state index >= 15 is 0 Å². The third kappa shape index (κ3) is 15.0. The van der Waals surface area contributed by atoms with Gasteiger partial charge >= 0.3 is 0 Å². The minimum atomic E-state index is -0.274. The SMILES string of the molecule is CC(C)N1CCc2c(sc(NC(=O)CCc3ccccc3)c2-c2nc3ccccc3s2)C1.CC(C)Oc1ccc(C(=O)Nc2sc3c(c2-c2nc4ccccc4s2)CCN(C)C3)cc1.CCN1CCc2c(sc(NC(=O)c3cccc(N4C(=O)CCC4=O)c3)c2-c2nc3ccccc3s2)C1. The number of benzene rings is 6. The maximum Gasteiger partial charge on any atom is 0.256 e. The largest absolute Gasteiger partial charge is 0.491 e. The number of amides is 5. The van der Waals surface area contributed by atoms with Crippen molar-refractivity contribution >= 4 is 149 Å². The molecule has 0 atom stereocenters. The van der Waals surface area contributed by atoms with Crippen molar-refractivity contribution in [2.24, 2.45) is 0 Å². The van der Waals surface area contributed by atoms with Crippen LogP contribution in [0.25, 0.3) is 62.4 Å².